The molecule has 1 saturated heterocycles. The van der Waals surface area contributed by atoms with Crippen LogP contribution >= 0.6 is 0 Å². The highest BCUT2D eigenvalue weighted by atomic mass is 32.2. The van der Waals surface area contributed by atoms with Crippen molar-refractivity contribution in [1.82, 2.24) is 15.0 Å². The van der Waals surface area contributed by atoms with Gasteiger partial charge < -0.3 is 18.9 Å². The number of hydrogen-bond donors (Lipinski definition) is 0. The standard InChI is InChI=1S/C19H25N3O6S/c1-13(2)27-19(23)22-10-8-15(9-11-22)26-12-17-20-18(21-28-17)14-4-6-16(7-5-14)29(3,24)25/h4-7,13,15H,8-12H2,1-3H3. The largest absolute Gasteiger partial charge is 0.447 e. The summed E-state index contributed by atoms with van der Waals surface area (Å²) < 4.78 is 39.3. The Hall–Kier alpha value is -2.46. The lowest BCUT2D eigenvalue weighted by molar-refractivity contribution is -0.0147. The molecule has 3 rings (SSSR count). The molecular formula is C19H25N3O6S. The van der Waals surface area contributed by atoms with Crippen LogP contribution in [-0.2, 0) is 25.9 Å². The minimum absolute atomic E-state index is 0.00231. The van der Waals surface area contributed by atoms with Gasteiger partial charge in [0.15, 0.2) is 9.84 Å². The molecule has 158 valence electrons. The summed E-state index contributed by atoms with van der Waals surface area (Å²) in [6.45, 7) is 4.99. The summed E-state index contributed by atoms with van der Waals surface area (Å²) in [5.74, 6) is 0.712. The number of carbonyl (C=O) groups excluding carboxylic acids is 1. The third-order valence-electron chi connectivity index (χ3n) is 4.49. The molecule has 9 nitrogen and oxygen atoms in total. The summed E-state index contributed by atoms with van der Waals surface area (Å²) in [5, 5.41) is 3.92. The minimum atomic E-state index is -3.25. The first-order chi connectivity index (χ1) is 13.7. The number of benzene rings is 1. The van der Waals surface area contributed by atoms with Gasteiger partial charge in [-0.2, -0.15) is 4.98 Å². The molecule has 0 unspecified atom stereocenters. The monoisotopic (exact) mass is 423 g/mol. The molecule has 0 aliphatic carbocycles. The first-order valence-electron chi connectivity index (χ1n) is 9.42. The molecule has 0 saturated carbocycles. The van der Waals surface area contributed by atoms with Gasteiger partial charge in [-0.25, -0.2) is 13.2 Å². The van der Waals surface area contributed by atoms with Crippen LogP contribution in [0, 0.1) is 0 Å². The highest BCUT2D eigenvalue weighted by molar-refractivity contribution is 7.90. The lowest BCUT2D eigenvalue weighted by Crippen LogP contribution is -2.41. The van der Waals surface area contributed by atoms with Crippen LogP contribution in [0.15, 0.2) is 33.7 Å². The maximum Gasteiger partial charge on any atom is 0.410 e. The van der Waals surface area contributed by atoms with Crippen LogP contribution in [0.4, 0.5) is 4.79 Å². The molecule has 1 amide bonds. The van der Waals surface area contributed by atoms with E-state index < -0.39 is 9.84 Å². The summed E-state index contributed by atoms with van der Waals surface area (Å²) in [7, 11) is -3.25. The zero-order valence-corrected chi connectivity index (χ0v) is 17.5. The predicted molar refractivity (Wildman–Crippen MR) is 104 cm³/mol. The zero-order valence-electron chi connectivity index (χ0n) is 16.7. The van der Waals surface area contributed by atoms with Gasteiger partial charge in [0, 0.05) is 24.9 Å². The van der Waals surface area contributed by atoms with Gasteiger partial charge in [-0.1, -0.05) is 5.16 Å². The molecule has 29 heavy (non-hydrogen) atoms. The van der Waals surface area contributed by atoms with Gasteiger partial charge in [0.1, 0.15) is 6.61 Å². The Morgan fingerprint density at radius 1 is 1.24 bits per heavy atom. The average Bonchev–Trinajstić information content (AvgIpc) is 3.15. The molecule has 1 fully saturated rings. The van der Waals surface area contributed by atoms with Crippen molar-refractivity contribution in [2.45, 2.75) is 50.4 Å². The predicted octanol–water partition coefficient (Wildman–Crippen LogP) is 2.67. The fourth-order valence-corrected chi connectivity index (χ4v) is 3.58. The van der Waals surface area contributed by atoms with Crippen molar-refractivity contribution in [3.05, 3.63) is 30.2 Å². The van der Waals surface area contributed by atoms with E-state index in [1.807, 2.05) is 13.8 Å². The van der Waals surface area contributed by atoms with E-state index in [-0.39, 0.29) is 29.8 Å². The lowest BCUT2D eigenvalue weighted by atomic mass is 10.1. The quantitative estimate of drug-likeness (QED) is 0.697. The van der Waals surface area contributed by atoms with Crippen molar-refractivity contribution < 1.29 is 27.2 Å². The van der Waals surface area contributed by atoms with Crippen LogP contribution in [0.25, 0.3) is 11.4 Å². The third-order valence-corrected chi connectivity index (χ3v) is 5.62. The van der Waals surface area contributed by atoms with Crippen LogP contribution in [0.2, 0.25) is 0 Å². The molecule has 0 spiro atoms. The third kappa shape index (κ3) is 5.77. The highest BCUT2D eigenvalue weighted by Gasteiger charge is 2.25. The summed E-state index contributed by atoms with van der Waals surface area (Å²) in [5.41, 5.74) is 0.657. The average molecular weight is 423 g/mol. The Balaban J connectivity index is 1.50. The smallest absolute Gasteiger partial charge is 0.410 e. The molecule has 1 aromatic carbocycles. The van der Waals surface area contributed by atoms with Crippen molar-refractivity contribution >= 4 is 15.9 Å². The molecule has 1 aliphatic rings. The van der Waals surface area contributed by atoms with Gasteiger partial charge in [0.05, 0.1) is 17.1 Å². The number of ether oxygens (including phenoxy) is 2. The molecule has 10 heteroatoms. The Kier molecular flexibility index (Phi) is 6.53. The van der Waals surface area contributed by atoms with Gasteiger partial charge in [0.25, 0.3) is 5.89 Å². The van der Waals surface area contributed by atoms with E-state index in [1.165, 1.54) is 12.1 Å². The van der Waals surface area contributed by atoms with Crippen LogP contribution in [0.5, 0.6) is 0 Å². The van der Waals surface area contributed by atoms with Crippen LogP contribution in [0.1, 0.15) is 32.6 Å². The number of rotatable bonds is 6. The molecular weight excluding hydrogens is 398 g/mol. The SMILES string of the molecule is CC(C)OC(=O)N1CCC(OCc2nc(-c3ccc(S(C)(=O)=O)cc3)no2)CC1. The van der Waals surface area contributed by atoms with Crippen LogP contribution in [-0.4, -0.2) is 61.1 Å². The van der Waals surface area contributed by atoms with Gasteiger partial charge in [0.2, 0.25) is 5.82 Å². The molecule has 0 radical (unpaired) electrons. The maximum absolute atomic E-state index is 11.9. The highest BCUT2D eigenvalue weighted by Crippen LogP contribution is 2.20. The topological polar surface area (TPSA) is 112 Å². The van der Waals surface area contributed by atoms with Gasteiger partial charge in [-0.3, -0.25) is 0 Å². The summed E-state index contributed by atoms with van der Waals surface area (Å²) >= 11 is 0. The van der Waals surface area contributed by atoms with Gasteiger partial charge in [-0.05, 0) is 51.0 Å². The van der Waals surface area contributed by atoms with E-state index in [9.17, 15) is 13.2 Å². The van der Waals surface area contributed by atoms with Crippen molar-refractivity contribution in [2.24, 2.45) is 0 Å². The fraction of sp³-hybridized carbons (Fsp3) is 0.526. The number of piperidine rings is 1. The maximum atomic E-state index is 11.9. The second-order valence-electron chi connectivity index (χ2n) is 7.24. The van der Waals surface area contributed by atoms with Gasteiger partial charge >= 0.3 is 6.09 Å². The zero-order chi connectivity index (χ0) is 21.0. The minimum Gasteiger partial charge on any atom is -0.447 e. The number of amides is 1. The number of aromatic nitrogens is 2. The van der Waals surface area contributed by atoms with E-state index in [2.05, 4.69) is 10.1 Å². The lowest BCUT2D eigenvalue weighted by Gasteiger charge is -2.31. The first kappa shape index (κ1) is 21.3. The summed E-state index contributed by atoms with van der Waals surface area (Å²) in [6.07, 6.45) is 2.15. The first-order valence-corrected chi connectivity index (χ1v) is 11.3. The normalized spacial score (nSPS) is 15.7. The number of nitrogens with zero attached hydrogens (tertiary/aromatic N) is 3. The molecule has 0 bridgehead atoms. The van der Waals surface area contributed by atoms with Crippen LogP contribution < -0.4 is 0 Å². The van der Waals surface area contributed by atoms with E-state index >= 15 is 0 Å². The number of likely N-dealkylation sites (tertiary alicyclic amines) is 1. The van der Waals surface area contributed by atoms with Crippen molar-refractivity contribution in [3.63, 3.8) is 0 Å². The summed E-state index contributed by atoms with van der Waals surface area (Å²) in [6, 6.07) is 6.29. The van der Waals surface area contributed by atoms with E-state index in [0.717, 1.165) is 6.26 Å². The number of sulfone groups is 1. The molecule has 2 heterocycles. The molecule has 2 aromatic rings. The number of carbonyl (C=O) groups is 1. The molecule has 1 aromatic heterocycles. The second kappa shape index (κ2) is 8.91. The van der Waals surface area contributed by atoms with E-state index in [4.69, 9.17) is 14.0 Å². The van der Waals surface area contributed by atoms with Crippen molar-refractivity contribution in [3.8, 4) is 11.4 Å². The Morgan fingerprint density at radius 3 is 2.48 bits per heavy atom. The van der Waals surface area contributed by atoms with Crippen molar-refractivity contribution in [1.29, 1.82) is 0 Å². The Morgan fingerprint density at radius 2 is 1.90 bits per heavy atom. The van der Waals surface area contributed by atoms with E-state index in [1.54, 1.807) is 17.0 Å². The molecule has 0 N–H and O–H groups in total. The number of hydrogen-bond acceptors (Lipinski definition) is 8. The van der Waals surface area contributed by atoms with Crippen LogP contribution in [0.3, 0.4) is 0 Å². The molecule has 0 atom stereocenters. The van der Waals surface area contributed by atoms with E-state index in [0.29, 0.717) is 43.2 Å². The Bertz CT molecular complexity index is 931. The summed E-state index contributed by atoms with van der Waals surface area (Å²) in [4.78, 5) is 18.1. The second-order valence-corrected chi connectivity index (χ2v) is 9.25. The molecule has 1 aliphatic heterocycles. The Labute approximate surface area is 169 Å². The fourth-order valence-electron chi connectivity index (χ4n) is 2.95. The van der Waals surface area contributed by atoms with Gasteiger partial charge in [-0.15, -0.1) is 0 Å². The van der Waals surface area contributed by atoms with Crippen molar-refractivity contribution in [2.75, 3.05) is 19.3 Å².